The minimum absolute atomic E-state index is 0.100. The number of carbonyl (C=O) groups excluding carboxylic acids is 1. The van der Waals surface area contributed by atoms with Gasteiger partial charge in [0.25, 0.3) is 0 Å². The summed E-state index contributed by atoms with van der Waals surface area (Å²) >= 11 is 1.41. The smallest absolute Gasteiger partial charge is 0.323 e. The number of nitrogens with zero attached hydrogens (tertiary/aromatic N) is 6. The summed E-state index contributed by atoms with van der Waals surface area (Å²) in [5.41, 5.74) is 6.74. The Kier molecular flexibility index (Phi) is 7.68. The summed E-state index contributed by atoms with van der Waals surface area (Å²) < 4.78 is 7.45. The first kappa shape index (κ1) is 31.8. The van der Waals surface area contributed by atoms with E-state index in [0.29, 0.717) is 48.3 Å². The molecular weight excluding hydrogens is 667 g/mol. The minimum atomic E-state index is -0.861. The van der Waals surface area contributed by atoms with Crippen molar-refractivity contribution in [2.45, 2.75) is 12.5 Å². The van der Waals surface area contributed by atoms with Gasteiger partial charge in [-0.25, -0.2) is 19.4 Å². The van der Waals surface area contributed by atoms with Crippen molar-refractivity contribution in [1.29, 1.82) is 5.26 Å². The van der Waals surface area contributed by atoms with Crippen molar-refractivity contribution in [3.63, 3.8) is 0 Å². The number of ether oxygens (including phenoxy) is 1. The number of aromatic nitrogens is 4. The van der Waals surface area contributed by atoms with Crippen LogP contribution in [0.5, 0.6) is 0 Å². The van der Waals surface area contributed by atoms with E-state index in [0.717, 1.165) is 43.8 Å². The molecule has 2 amide bonds. The lowest BCUT2D eigenvalue weighted by atomic mass is 9.77. The first-order valence-electron chi connectivity index (χ1n) is 17.2. The first-order valence-corrected chi connectivity index (χ1v) is 18.0. The van der Waals surface area contributed by atoms with Gasteiger partial charge in [0.05, 0.1) is 47.0 Å². The van der Waals surface area contributed by atoms with Gasteiger partial charge in [0.2, 0.25) is 0 Å². The number of aryl methyl sites for hydroxylation is 1. The Morgan fingerprint density at radius 1 is 0.865 bits per heavy atom. The molecule has 0 saturated carbocycles. The van der Waals surface area contributed by atoms with Gasteiger partial charge < -0.3 is 9.64 Å². The Balaban J connectivity index is 1.24. The van der Waals surface area contributed by atoms with E-state index in [2.05, 4.69) is 90.2 Å². The Hall–Kier alpha value is -6.15. The van der Waals surface area contributed by atoms with E-state index in [1.165, 1.54) is 11.3 Å². The van der Waals surface area contributed by atoms with Crippen molar-refractivity contribution < 1.29 is 9.53 Å². The summed E-state index contributed by atoms with van der Waals surface area (Å²) in [4.78, 5) is 26.2. The molecule has 7 aromatic rings. The molecule has 2 aliphatic rings. The molecule has 9 rings (SSSR count). The normalized spacial score (nSPS) is 14.8. The quantitative estimate of drug-likeness (QED) is 0.169. The molecule has 0 aliphatic carbocycles. The highest BCUT2D eigenvalue weighted by Crippen LogP contribution is 2.46. The third-order valence-electron chi connectivity index (χ3n) is 10.1. The Labute approximate surface area is 304 Å². The van der Waals surface area contributed by atoms with Gasteiger partial charge in [0.1, 0.15) is 5.54 Å². The van der Waals surface area contributed by atoms with Crippen molar-refractivity contribution >= 4 is 33.5 Å². The molecule has 10 heteroatoms. The highest BCUT2D eigenvalue weighted by atomic mass is 32.1. The monoisotopic (exact) mass is 699 g/mol. The van der Waals surface area contributed by atoms with Crippen LogP contribution in [0.2, 0.25) is 0 Å². The number of hydrogen-bond donors (Lipinski definition) is 1. The van der Waals surface area contributed by atoms with Crippen molar-refractivity contribution in [3.8, 4) is 27.8 Å². The topological polar surface area (TPSA) is 109 Å². The molecule has 2 fully saturated rings. The third-order valence-corrected chi connectivity index (χ3v) is 11.1. The average Bonchev–Trinajstić information content (AvgIpc) is 3.77. The second-order valence-electron chi connectivity index (χ2n) is 13.6. The zero-order chi connectivity index (χ0) is 35.3. The van der Waals surface area contributed by atoms with Crippen LogP contribution in [0.25, 0.3) is 32.7 Å². The van der Waals surface area contributed by atoms with E-state index >= 15 is 0 Å². The maximum Gasteiger partial charge on any atom is 0.323 e. The lowest BCUT2D eigenvalue weighted by Gasteiger charge is -2.54. The van der Waals surface area contributed by atoms with Gasteiger partial charge in [0.15, 0.2) is 10.8 Å². The molecule has 0 radical (unpaired) electrons. The fourth-order valence-electron chi connectivity index (χ4n) is 7.60. The zero-order valence-electron chi connectivity index (χ0n) is 28.4. The Bertz CT molecular complexity index is 2380. The maximum atomic E-state index is 13.4. The summed E-state index contributed by atoms with van der Waals surface area (Å²) in [6.07, 6.45) is 1.88. The number of hydrogen-bond acceptors (Lipinski definition) is 7. The lowest BCUT2D eigenvalue weighted by molar-refractivity contribution is -0.174. The molecule has 1 spiro atoms. The van der Waals surface area contributed by atoms with E-state index in [9.17, 15) is 10.1 Å². The van der Waals surface area contributed by atoms with Gasteiger partial charge in [-0.3, -0.25) is 5.32 Å². The van der Waals surface area contributed by atoms with Crippen LogP contribution in [0.1, 0.15) is 27.9 Å². The number of amides is 2. The van der Waals surface area contributed by atoms with Crippen molar-refractivity contribution in [1.82, 2.24) is 24.6 Å². The highest BCUT2D eigenvalue weighted by Gasteiger charge is 2.51. The predicted octanol–water partition coefficient (Wildman–Crippen LogP) is 8.11. The summed E-state index contributed by atoms with van der Waals surface area (Å²) in [6.45, 7) is 4.72. The maximum absolute atomic E-state index is 13.4. The number of anilines is 1. The van der Waals surface area contributed by atoms with Gasteiger partial charge in [-0.05, 0) is 41.8 Å². The number of pyridine rings is 1. The summed E-state index contributed by atoms with van der Waals surface area (Å²) in [7, 11) is 0. The number of fused-ring (bicyclic) bond motifs is 1. The Morgan fingerprint density at radius 3 is 2.08 bits per heavy atom. The van der Waals surface area contributed by atoms with Crippen molar-refractivity contribution in [2.24, 2.45) is 5.41 Å². The standard InChI is InChI=1S/C42H33N7O2S/c1-28-20-34(37-36(30-13-11-12-29(21-30)22-43)46-39(52-37)47-40(50)48-24-41(25-48)26-51-27-41)35-23-44-49(38(35)45-28)42(31-14-5-2-6-15-31,32-16-7-3-8-17-32)33-18-9-4-10-19-33/h2-21,23H,24-27H2,1H3,(H,46,47,50). The number of benzene rings is 4. The van der Waals surface area contributed by atoms with Crippen LogP contribution in [0, 0.1) is 23.7 Å². The van der Waals surface area contributed by atoms with Crippen LogP contribution in [-0.2, 0) is 10.3 Å². The van der Waals surface area contributed by atoms with Crippen LogP contribution in [0.15, 0.2) is 128 Å². The average molecular weight is 700 g/mol. The fourth-order valence-corrected chi connectivity index (χ4v) is 8.61. The molecular formula is C42H33N7O2S. The largest absolute Gasteiger partial charge is 0.380 e. The molecule has 0 atom stereocenters. The number of nitriles is 1. The summed E-state index contributed by atoms with van der Waals surface area (Å²) in [5, 5.41) is 19.3. The van der Waals surface area contributed by atoms with Crippen LogP contribution < -0.4 is 5.32 Å². The molecule has 4 aromatic carbocycles. The molecule has 5 heterocycles. The summed E-state index contributed by atoms with van der Waals surface area (Å²) in [6, 6.07) is 42.8. The van der Waals surface area contributed by atoms with E-state index < -0.39 is 5.54 Å². The number of rotatable bonds is 7. The molecule has 254 valence electrons. The van der Waals surface area contributed by atoms with Gasteiger partial charge in [0, 0.05) is 35.3 Å². The molecule has 0 bridgehead atoms. The number of carbonyl (C=O) groups is 1. The van der Waals surface area contributed by atoms with E-state index in [1.807, 2.05) is 54.2 Å². The van der Waals surface area contributed by atoms with Crippen molar-refractivity contribution in [2.75, 3.05) is 31.6 Å². The minimum Gasteiger partial charge on any atom is -0.380 e. The first-order chi connectivity index (χ1) is 25.5. The van der Waals surface area contributed by atoms with Crippen LogP contribution in [-0.4, -0.2) is 57.0 Å². The lowest BCUT2D eigenvalue weighted by Crippen LogP contribution is -2.67. The molecule has 9 nitrogen and oxygen atoms in total. The van der Waals surface area contributed by atoms with Crippen molar-refractivity contribution in [3.05, 3.63) is 155 Å². The number of urea groups is 1. The van der Waals surface area contributed by atoms with Gasteiger partial charge in [-0.15, -0.1) is 0 Å². The highest BCUT2D eigenvalue weighted by molar-refractivity contribution is 7.19. The van der Waals surface area contributed by atoms with Crippen LogP contribution in [0.4, 0.5) is 9.93 Å². The SMILES string of the molecule is Cc1cc(-c2sc(NC(=O)N3CC4(COC4)C3)nc2-c2cccc(C#N)c2)c2cnn(C(c3ccccc3)(c3ccccc3)c3ccccc3)c2n1. The van der Waals surface area contributed by atoms with E-state index in [4.69, 9.17) is 19.8 Å². The van der Waals surface area contributed by atoms with E-state index in [1.54, 1.807) is 11.0 Å². The third kappa shape index (κ3) is 5.17. The molecule has 1 N–H and O–H groups in total. The number of thiazole rings is 1. The van der Waals surface area contributed by atoms with E-state index in [-0.39, 0.29) is 11.4 Å². The Morgan fingerprint density at radius 2 is 1.50 bits per heavy atom. The molecule has 2 saturated heterocycles. The molecule has 2 aliphatic heterocycles. The van der Waals surface area contributed by atoms with Crippen LogP contribution in [0.3, 0.4) is 0 Å². The molecule has 0 unspecified atom stereocenters. The van der Waals surface area contributed by atoms with Gasteiger partial charge in [-0.1, -0.05) is 114 Å². The predicted molar refractivity (Wildman–Crippen MR) is 202 cm³/mol. The fraction of sp³-hybridized carbons (Fsp3) is 0.167. The molecule has 52 heavy (non-hydrogen) atoms. The number of nitrogens with one attached hydrogen (secondary N) is 1. The second-order valence-corrected chi connectivity index (χ2v) is 14.6. The summed E-state index contributed by atoms with van der Waals surface area (Å²) in [5.74, 6) is 0. The van der Waals surface area contributed by atoms with Gasteiger partial charge in [-0.2, -0.15) is 10.4 Å². The second kappa shape index (κ2) is 12.6. The molecule has 3 aromatic heterocycles. The van der Waals surface area contributed by atoms with Crippen LogP contribution >= 0.6 is 11.3 Å². The zero-order valence-corrected chi connectivity index (χ0v) is 29.2. The number of likely N-dealkylation sites (tertiary alicyclic amines) is 1. The van der Waals surface area contributed by atoms with Gasteiger partial charge >= 0.3 is 6.03 Å².